The maximum absolute atomic E-state index is 11.1. The molecule has 0 spiro atoms. The molecule has 0 aliphatic carbocycles. The molecule has 1 unspecified atom stereocenters. The quantitative estimate of drug-likeness (QED) is 0.623. The molecule has 2 saturated heterocycles. The largest absolute Gasteiger partial charge is 0.465 e. The highest BCUT2D eigenvalue weighted by atomic mass is 16.6. The number of piperidine rings is 1. The minimum atomic E-state index is -0.774. The smallest absolute Gasteiger partial charge is 0.407 e. The summed E-state index contributed by atoms with van der Waals surface area (Å²) in [5.41, 5.74) is 1.20. The van der Waals surface area contributed by atoms with Gasteiger partial charge in [-0.3, -0.25) is 0 Å². The maximum Gasteiger partial charge on any atom is 0.407 e. The number of amides is 1. The Kier molecular flexibility index (Phi) is 7.15. The number of hydrogen-bond donors (Lipinski definition) is 1. The average Bonchev–Trinajstić information content (AvgIpc) is 2.82. The number of rotatable bonds is 5. The molecule has 0 aromatic rings. The van der Waals surface area contributed by atoms with Crippen LogP contribution in [0.5, 0.6) is 0 Å². The standard InChI is InChI=1S/C17H31N3O3/c1-3-16(18-23-4-2)14-7-11-19(12-8-14)15-6-5-10-20(13-9-15)17(21)22/h14-15H,3-13H2,1-2H3,(H,21,22)/b18-16+. The Morgan fingerprint density at radius 1 is 1.13 bits per heavy atom. The average molecular weight is 325 g/mol. The van der Waals surface area contributed by atoms with Gasteiger partial charge in [0.05, 0.1) is 5.71 Å². The number of nitrogens with zero attached hydrogens (tertiary/aromatic N) is 3. The molecule has 0 aromatic carbocycles. The van der Waals surface area contributed by atoms with Gasteiger partial charge in [-0.05, 0) is 58.5 Å². The van der Waals surface area contributed by atoms with Crippen molar-refractivity contribution >= 4 is 11.8 Å². The van der Waals surface area contributed by atoms with Gasteiger partial charge in [-0.15, -0.1) is 0 Å². The molecule has 2 fully saturated rings. The number of carbonyl (C=O) groups is 1. The molecule has 2 rings (SSSR count). The van der Waals surface area contributed by atoms with E-state index in [4.69, 9.17) is 9.94 Å². The first-order chi connectivity index (χ1) is 11.2. The van der Waals surface area contributed by atoms with Crippen LogP contribution in [0.15, 0.2) is 5.16 Å². The van der Waals surface area contributed by atoms with Crippen molar-refractivity contribution in [2.45, 2.75) is 58.4 Å². The highest BCUT2D eigenvalue weighted by molar-refractivity contribution is 5.86. The fourth-order valence-electron chi connectivity index (χ4n) is 3.81. The van der Waals surface area contributed by atoms with Gasteiger partial charge in [0.2, 0.25) is 0 Å². The Morgan fingerprint density at radius 2 is 1.87 bits per heavy atom. The highest BCUT2D eigenvalue weighted by Gasteiger charge is 2.29. The number of likely N-dealkylation sites (tertiary alicyclic amines) is 2. The summed E-state index contributed by atoms with van der Waals surface area (Å²) in [5, 5.41) is 13.4. The summed E-state index contributed by atoms with van der Waals surface area (Å²) in [5.74, 6) is 0.545. The van der Waals surface area contributed by atoms with Crippen molar-refractivity contribution in [3.8, 4) is 0 Å². The summed E-state index contributed by atoms with van der Waals surface area (Å²) in [6, 6.07) is 0.536. The lowest BCUT2D eigenvalue weighted by Crippen LogP contribution is -2.43. The van der Waals surface area contributed by atoms with Gasteiger partial charge in [0.1, 0.15) is 6.61 Å². The Hall–Kier alpha value is -1.30. The maximum atomic E-state index is 11.1. The zero-order chi connectivity index (χ0) is 16.7. The number of carboxylic acid groups (broad SMARTS) is 1. The topological polar surface area (TPSA) is 65.4 Å². The van der Waals surface area contributed by atoms with Crippen molar-refractivity contribution in [2.24, 2.45) is 11.1 Å². The van der Waals surface area contributed by atoms with Crippen molar-refractivity contribution in [3.05, 3.63) is 0 Å². The predicted molar refractivity (Wildman–Crippen MR) is 90.9 cm³/mol. The lowest BCUT2D eigenvalue weighted by atomic mass is 9.89. The van der Waals surface area contributed by atoms with E-state index in [-0.39, 0.29) is 0 Å². The fourth-order valence-corrected chi connectivity index (χ4v) is 3.81. The molecule has 1 amide bonds. The van der Waals surface area contributed by atoms with E-state index in [1.165, 1.54) is 5.71 Å². The molecule has 2 aliphatic rings. The summed E-state index contributed by atoms with van der Waals surface area (Å²) in [7, 11) is 0. The molecule has 6 nitrogen and oxygen atoms in total. The fraction of sp³-hybridized carbons (Fsp3) is 0.882. The normalized spacial score (nSPS) is 25.2. The SMILES string of the molecule is CCO/N=C(\CC)C1CCN(C2CCCN(C(=O)O)CC2)CC1. The third-order valence-electron chi connectivity index (χ3n) is 5.16. The van der Waals surface area contributed by atoms with Gasteiger partial charge in [0, 0.05) is 25.0 Å². The Morgan fingerprint density at radius 3 is 2.48 bits per heavy atom. The van der Waals surface area contributed by atoms with Gasteiger partial charge in [-0.2, -0.15) is 0 Å². The minimum Gasteiger partial charge on any atom is -0.465 e. The number of hydrogen-bond acceptors (Lipinski definition) is 4. The van der Waals surface area contributed by atoms with Gasteiger partial charge in [0.15, 0.2) is 0 Å². The van der Waals surface area contributed by atoms with Crippen molar-refractivity contribution in [2.75, 3.05) is 32.8 Å². The first kappa shape index (κ1) is 18.0. The van der Waals surface area contributed by atoms with E-state index < -0.39 is 6.09 Å². The van der Waals surface area contributed by atoms with Gasteiger partial charge in [-0.25, -0.2) is 4.79 Å². The molecular formula is C17H31N3O3. The molecule has 0 bridgehead atoms. The van der Waals surface area contributed by atoms with E-state index in [0.29, 0.717) is 31.7 Å². The van der Waals surface area contributed by atoms with Crippen LogP contribution in [-0.2, 0) is 4.84 Å². The Bertz CT molecular complexity index is 406. The molecule has 6 heteroatoms. The summed E-state index contributed by atoms with van der Waals surface area (Å²) < 4.78 is 0. The van der Waals surface area contributed by atoms with Gasteiger partial charge >= 0.3 is 6.09 Å². The first-order valence-electron chi connectivity index (χ1n) is 9.06. The molecule has 0 aromatic heterocycles. The molecular weight excluding hydrogens is 294 g/mol. The van der Waals surface area contributed by atoms with E-state index in [1.807, 2.05) is 6.92 Å². The third kappa shape index (κ3) is 5.09. The van der Waals surface area contributed by atoms with Crippen LogP contribution < -0.4 is 0 Å². The second-order valence-corrected chi connectivity index (χ2v) is 6.52. The molecule has 1 atom stereocenters. The zero-order valence-electron chi connectivity index (χ0n) is 14.5. The molecule has 2 aliphatic heterocycles. The van der Waals surface area contributed by atoms with Crippen molar-refractivity contribution in [3.63, 3.8) is 0 Å². The van der Waals surface area contributed by atoms with Gasteiger partial charge < -0.3 is 19.7 Å². The zero-order valence-corrected chi connectivity index (χ0v) is 14.5. The van der Waals surface area contributed by atoms with Crippen LogP contribution in [0.2, 0.25) is 0 Å². The second kappa shape index (κ2) is 9.11. The second-order valence-electron chi connectivity index (χ2n) is 6.52. The minimum absolute atomic E-state index is 0.536. The molecule has 23 heavy (non-hydrogen) atoms. The van der Waals surface area contributed by atoms with Crippen molar-refractivity contribution in [1.29, 1.82) is 0 Å². The van der Waals surface area contributed by atoms with Crippen LogP contribution in [0.25, 0.3) is 0 Å². The van der Waals surface area contributed by atoms with E-state index in [1.54, 1.807) is 4.90 Å². The molecule has 0 radical (unpaired) electrons. The summed E-state index contributed by atoms with van der Waals surface area (Å²) in [6.45, 7) is 8.28. The third-order valence-corrected chi connectivity index (χ3v) is 5.16. The summed E-state index contributed by atoms with van der Waals surface area (Å²) >= 11 is 0. The highest BCUT2D eigenvalue weighted by Crippen LogP contribution is 2.25. The van der Waals surface area contributed by atoms with E-state index in [9.17, 15) is 4.79 Å². The molecule has 132 valence electrons. The monoisotopic (exact) mass is 325 g/mol. The van der Waals surface area contributed by atoms with E-state index >= 15 is 0 Å². The van der Waals surface area contributed by atoms with Crippen LogP contribution in [0.4, 0.5) is 4.79 Å². The van der Waals surface area contributed by atoms with Crippen LogP contribution >= 0.6 is 0 Å². The van der Waals surface area contributed by atoms with E-state index in [2.05, 4.69) is 17.0 Å². The molecule has 0 saturated carbocycles. The summed E-state index contributed by atoms with van der Waals surface area (Å²) in [6.07, 6.45) is 5.51. The van der Waals surface area contributed by atoms with Crippen LogP contribution in [0.1, 0.15) is 52.4 Å². The van der Waals surface area contributed by atoms with Crippen LogP contribution in [-0.4, -0.2) is 65.5 Å². The first-order valence-corrected chi connectivity index (χ1v) is 9.06. The van der Waals surface area contributed by atoms with Crippen LogP contribution in [0.3, 0.4) is 0 Å². The Labute approximate surface area is 139 Å². The predicted octanol–water partition coefficient (Wildman–Crippen LogP) is 3.03. The van der Waals surface area contributed by atoms with Gasteiger partial charge in [0.25, 0.3) is 0 Å². The summed E-state index contributed by atoms with van der Waals surface area (Å²) in [4.78, 5) is 20.5. The van der Waals surface area contributed by atoms with E-state index in [0.717, 1.165) is 51.6 Å². The van der Waals surface area contributed by atoms with Crippen molar-refractivity contribution in [1.82, 2.24) is 9.80 Å². The molecule has 2 heterocycles. The lowest BCUT2D eigenvalue weighted by molar-refractivity contribution is 0.126. The lowest BCUT2D eigenvalue weighted by Gasteiger charge is -2.37. The number of oxime groups is 1. The Balaban J connectivity index is 1.83. The van der Waals surface area contributed by atoms with Crippen molar-refractivity contribution < 1.29 is 14.7 Å². The molecule has 1 N–H and O–H groups in total. The van der Waals surface area contributed by atoms with Crippen LogP contribution in [0, 0.1) is 5.92 Å². The van der Waals surface area contributed by atoms with Gasteiger partial charge in [-0.1, -0.05) is 12.1 Å².